The standard InChI is InChI=1S/C17H15NO2/c1-12-3-2-4-13(9-12)14-5-6-16-15(10-14)7-8-18(16)11-17(19)20/h2-10H,11H2,1H3,(H,19,20). The van der Waals surface area contributed by atoms with Gasteiger partial charge in [0.1, 0.15) is 6.54 Å². The molecular formula is C17H15NO2. The number of fused-ring (bicyclic) bond motifs is 1. The van der Waals surface area contributed by atoms with E-state index in [0.717, 1.165) is 16.5 Å². The monoisotopic (exact) mass is 265 g/mol. The van der Waals surface area contributed by atoms with Gasteiger partial charge in [0.15, 0.2) is 0 Å². The Morgan fingerprint density at radius 1 is 1.10 bits per heavy atom. The van der Waals surface area contributed by atoms with Crippen molar-refractivity contribution in [2.24, 2.45) is 0 Å². The van der Waals surface area contributed by atoms with Gasteiger partial charge in [0.2, 0.25) is 0 Å². The summed E-state index contributed by atoms with van der Waals surface area (Å²) in [5, 5.41) is 9.95. The average molecular weight is 265 g/mol. The summed E-state index contributed by atoms with van der Waals surface area (Å²) in [5.41, 5.74) is 4.50. The molecule has 0 amide bonds. The first-order valence-electron chi connectivity index (χ1n) is 6.51. The minimum absolute atomic E-state index is 0.00665. The van der Waals surface area contributed by atoms with E-state index in [1.165, 1.54) is 11.1 Å². The molecule has 0 aliphatic heterocycles. The van der Waals surface area contributed by atoms with Gasteiger partial charge in [0, 0.05) is 17.1 Å². The zero-order chi connectivity index (χ0) is 14.1. The molecule has 0 radical (unpaired) electrons. The molecule has 0 atom stereocenters. The second kappa shape index (κ2) is 4.85. The number of carboxylic acids is 1. The molecule has 100 valence electrons. The summed E-state index contributed by atoms with van der Waals surface area (Å²) in [7, 11) is 0. The molecule has 0 aliphatic carbocycles. The van der Waals surface area contributed by atoms with Gasteiger partial charge in [-0.25, -0.2) is 0 Å². The van der Waals surface area contributed by atoms with Crippen LogP contribution in [0.5, 0.6) is 0 Å². The Bertz CT molecular complexity index is 787. The molecule has 0 aliphatic rings. The molecule has 1 heterocycles. The van der Waals surface area contributed by atoms with Gasteiger partial charge >= 0.3 is 5.97 Å². The number of carbonyl (C=O) groups is 1. The topological polar surface area (TPSA) is 42.2 Å². The molecule has 1 aromatic heterocycles. The van der Waals surface area contributed by atoms with E-state index in [0.29, 0.717) is 0 Å². The number of nitrogens with zero attached hydrogens (tertiary/aromatic N) is 1. The van der Waals surface area contributed by atoms with Crippen molar-refractivity contribution in [1.29, 1.82) is 0 Å². The van der Waals surface area contributed by atoms with Crippen LogP contribution >= 0.6 is 0 Å². The highest BCUT2D eigenvalue weighted by atomic mass is 16.4. The van der Waals surface area contributed by atoms with Crippen LogP contribution in [-0.4, -0.2) is 15.6 Å². The van der Waals surface area contributed by atoms with Gasteiger partial charge in [-0.05, 0) is 36.2 Å². The van der Waals surface area contributed by atoms with Crippen LogP contribution in [0.25, 0.3) is 22.0 Å². The fraction of sp³-hybridized carbons (Fsp3) is 0.118. The normalized spacial score (nSPS) is 10.8. The van der Waals surface area contributed by atoms with Crippen LogP contribution in [0.4, 0.5) is 0 Å². The van der Waals surface area contributed by atoms with Crippen LogP contribution in [0.2, 0.25) is 0 Å². The van der Waals surface area contributed by atoms with E-state index in [1.54, 1.807) is 4.57 Å². The first-order valence-corrected chi connectivity index (χ1v) is 6.51. The summed E-state index contributed by atoms with van der Waals surface area (Å²) in [6.45, 7) is 2.07. The number of aryl methyl sites for hydroxylation is 1. The average Bonchev–Trinajstić information content (AvgIpc) is 2.80. The second-order valence-electron chi connectivity index (χ2n) is 4.98. The summed E-state index contributed by atoms with van der Waals surface area (Å²) < 4.78 is 1.75. The van der Waals surface area contributed by atoms with Crippen molar-refractivity contribution in [3.05, 3.63) is 60.3 Å². The number of hydrogen-bond acceptors (Lipinski definition) is 1. The minimum atomic E-state index is -0.828. The van der Waals surface area contributed by atoms with Crippen molar-refractivity contribution < 1.29 is 9.90 Å². The number of aliphatic carboxylic acids is 1. The lowest BCUT2D eigenvalue weighted by Crippen LogP contribution is -2.06. The first-order chi connectivity index (χ1) is 9.63. The molecule has 20 heavy (non-hydrogen) atoms. The number of carboxylic acid groups (broad SMARTS) is 1. The highest BCUT2D eigenvalue weighted by Crippen LogP contribution is 2.25. The molecule has 0 unspecified atom stereocenters. The maximum Gasteiger partial charge on any atom is 0.323 e. The van der Waals surface area contributed by atoms with Crippen molar-refractivity contribution in [2.75, 3.05) is 0 Å². The maximum absolute atomic E-state index is 10.8. The lowest BCUT2D eigenvalue weighted by molar-refractivity contribution is -0.137. The van der Waals surface area contributed by atoms with E-state index in [-0.39, 0.29) is 6.54 Å². The first kappa shape index (κ1) is 12.5. The van der Waals surface area contributed by atoms with Crippen molar-refractivity contribution in [3.63, 3.8) is 0 Å². The van der Waals surface area contributed by atoms with E-state index in [9.17, 15) is 4.79 Å². The molecule has 0 saturated heterocycles. The van der Waals surface area contributed by atoms with E-state index in [1.807, 2.05) is 30.5 Å². The van der Waals surface area contributed by atoms with E-state index in [4.69, 9.17) is 5.11 Å². The zero-order valence-corrected chi connectivity index (χ0v) is 11.2. The van der Waals surface area contributed by atoms with Crippen LogP contribution in [0.1, 0.15) is 5.56 Å². The van der Waals surface area contributed by atoms with Gasteiger partial charge in [-0.1, -0.05) is 35.9 Å². The van der Waals surface area contributed by atoms with Crippen molar-refractivity contribution in [1.82, 2.24) is 4.57 Å². The zero-order valence-electron chi connectivity index (χ0n) is 11.2. The Morgan fingerprint density at radius 2 is 1.90 bits per heavy atom. The largest absolute Gasteiger partial charge is 0.480 e. The molecule has 1 N–H and O–H groups in total. The predicted octanol–water partition coefficient (Wildman–Crippen LogP) is 3.70. The second-order valence-corrected chi connectivity index (χ2v) is 4.98. The SMILES string of the molecule is Cc1cccc(-c2ccc3c(ccn3CC(=O)O)c2)c1. The summed E-state index contributed by atoms with van der Waals surface area (Å²) in [5.74, 6) is -0.828. The molecule has 3 nitrogen and oxygen atoms in total. The summed E-state index contributed by atoms with van der Waals surface area (Å²) in [6, 6.07) is 16.4. The quantitative estimate of drug-likeness (QED) is 0.784. The third-order valence-electron chi connectivity index (χ3n) is 3.43. The summed E-state index contributed by atoms with van der Waals surface area (Å²) in [6.07, 6.45) is 1.82. The molecule has 2 aromatic carbocycles. The lowest BCUT2D eigenvalue weighted by Gasteiger charge is -2.05. The Hall–Kier alpha value is -2.55. The van der Waals surface area contributed by atoms with Crippen molar-refractivity contribution >= 4 is 16.9 Å². The molecule has 0 fully saturated rings. The van der Waals surface area contributed by atoms with Crippen LogP contribution in [0.15, 0.2) is 54.7 Å². The predicted molar refractivity (Wildman–Crippen MR) is 79.7 cm³/mol. The number of hydrogen-bond donors (Lipinski definition) is 1. The third-order valence-corrected chi connectivity index (χ3v) is 3.43. The van der Waals surface area contributed by atoms with Gasteiger partial charge in [-0.3, -0.25) is 4.79 Å². The Labute approximate surface area is 117 Å². The molecular weight excluding hydrogens is 250 g/mol. The highest BCUT2D eigenvalue weighted by molar-refractivity contribution is 5.86. The third kappa shape index (κ3) is 2.30. The fourth-order valence-corrected chi connectivity index (χ4v) is 2.49. The van der Waals surface area contributed by atoms with Gasteiger partial charge in [-0.15, -0.1) is 0 Å². The number of benzene rings is 2. The fourth-order valence-electron chi connectivity index (χ4n) is 2.49. The van der Waals surface area contributed by atoms with E-state index in [2.05, 4.69) is 31.2 Å². The number of rotatable bonds is 3. The van der Waals surface area contributed by atoms with Crippen LogP contribution < -0.4 is 0 Å². The molecule has 3 rings (SSSR count). The van der Waals surface area contributed by atoms with Gasteiger partial charge < -0.3 is 9.67 Å². The van der Waals surface area contributed by atoms with Gasteiger partial charge in [0.05, 0.1) is 0 Å². The molecule has 0 saturated carbocycles. The van der Waals surface area contributed by atoms with E-state index >= 15 is 0 Å². The Balaban J connectivity index is 2.06. The van der Waals surface area contributed by atoms with Crippen molar-refractivity contribution in [2.45, 2.75) is 13.5 Å². The number of aromatic nitrogens is 1. The lowest BCUT2D eigenvalue weighted by atomic mass is 10.0. The Kier molecular flexibility index (Phi) is 3.03. The molecule has 0 bridgehead atoms. The molecule has 0 spiro atoms. The Morgan fingerprint density at radius 3 is 2.65 bits per heavy atom. The van der Waals surface area contributed by atoms with Crippen LogP contribution in [0, 0.1) is 6.92 Å². The van der Waals surface area contributed by atoms with E-state index < -0.39 is 5.97 Å². The highest BCUT2D eigenvalue weighted by Gasteiger charge is 2.06. The van der Waals surface area contributed by atoms with Gasteiger partial charge in [0.25, 0.3) is 0 Å². The van der Waals surface area contributed by atoms with Crippen LogP contribution in [-0.2, 0) is 11.3 Å². The molecule has 3 aromatic rings. The smallest absolute Gasteiger partial charge is 0.323 e. The minimum Gasteiger partial charge on any atom is -0.480 e. The summed E-state index contributed by atoms with van der Waals surface area (Å²) >= 11 is 0. The van der Waals surface area contributed by atoms with Crippen molar-refractivity contribution in [3.8, 4) is 11.1 Å². The maximum atomic E-state index is 10.8. The summed E-state index contributed by atoms with van der Waals surface area (Å²) in [4.78, 5) is 10.8. The van der Waals surface area contributed by atoms with Crippen LogP contribution in [0.3, 0.4) is 0 Å². The molecule has 3 heteroatoms. The van der Waals surface area contributed by atoms with Gasteiger partial charge in [-0.2, -0.15) is 0 Å².